The van der Waals surface area contributed by atoms with Crippen LogP contribution in [0.2, 0.25) is 0 Å². The number of ether oxygens (including phenoxy) is 1. The van der Waals surface area contributed by atoms with E-state index in [-0.39, 0.29) is 17.9 Å². The highest BCUT2D eigenvalue weighted by Gasteiger charge is 2.46. The van der Waals surface area contributed by atoms with Crippen molar-refractivity contribution in [2.45, 2.75) is 39.5 Å². The van der Waals surface area contributed by atoms with E-state index < -0.39 is 17.7 Å². The highest BCUT2D eigenvalue weighted by atomic mass is 16.5. The number of aromatic nitrogens is 1. The van der Waals surface area contributed by atoms with Crippen LogP contribution in [-0.4, -0.2) is 26.7 Å². The molecule has 0 unspecified atom stereocenters. The summed E-state index contributed by atoms with van der Waals surface area (Å²) in [6.07, 6.45) is 4.18. The number of benzene rings is 3. The van der Waals surface area contributed by atoms with Crippen LogP contribution in [-0.2, 0) is 29.2 Å². The van der Waals surface area contributed by atoms with Crippen molar-refractivity contribution in [3.8, 4) is 5.75 Å². The lowest BCUT2D eigenvalue weighted by atomic mass is 9.94. The third-order valence-electron chi connectivity index (χ3n) is 6.96. The van der Waals surface area contributed by atoms with E-state index in [2.05, 4.69) is 18.0 Å². The number of aliphatic hydroxyl groups excluding tert-OH is 1. The molecule has 39 heavy (non-hydrogen) atoms. The van der Waals surface area contributed by atoms with Crippen LogP contribution in [0, 0.1) is 6.92 Å². The molecule has 3 aromatic carbocycles. The molecule has 0 radical (unpaired) electrons. The molecule has 1 saturated heterocycles. The largest absolute Gasteiger partial charge is 0.507 e. The minimum atomic E-state index is -0.721. The SMILES string of the molecule is CCc1ccc([C@@H]2C(=C(O)c3ccc(OCc4cccc(C)c4)cc3)C(=O)C(=O)N2Cc2ccncc2)cc1. The smallest absolute Gasteiger partial charge is 0.295 e. The van der Waals surface area contributed by atoms with Crippen LogP contribution in [0.25, 0.3) is 5.76 Å². The number of rotatable bonds is 8. The summed E-state index contributed by atoms with van der Waals surface area (Å²) in [6.45, 7) is 4.74. The number of ketones is 1. The molecule has 196 valence electrons. The van der Waals surface area contributed by atoms with Gasteiger partial charge in [-0.3, -0.25) is 14.6 Å². The van der Waals surface area contributed by atoms with E-state index in [0.717, 1.165) is 34.2 Å². The minimum absolute atomic E-state index is 0.0757. The van der Waals surface area contributed by atoms with Gasteiger partial charge in [-0.15, -0.1) is 0 Å². The lowest BCUT2D eigenvalue weighted by molar-refractivity contribution is -0.140. The van der Waals surface area contributed by atoms with E-state index in [1.165, 1.54) is 4.90 Å². The van der Waals surface area contributed by atoms with Crippen LogP contribution >= 0.6 is 0 Å². The zero-order valence-corrected chi connectivity index (χ0v) is 22.0. The van der Waals surface area contributed by atoms with Crippen molar-refractivity contribution in [1.29, 1.82) is 0 Å². The third kappa shape index (κ3) is 5.60. The summed E-state index contributed by atoms with van der Waals surface area (Å²) < 4.78 is 5.91. The number of nitrogens with zero attached hydrogens (tertiary/aromatic N) is 2. The number of Topliss-reactive ketones (excluding diaryl/α,β-unsaturated/α-hetero) is 1. The number of amides is 1. The second-order valence-electron chi connectivity index (χ2n) is 9.68. The maximum atomic E-state index is 13.3. The monoisotopic (exact) mass is 518 g/mol. The summed E-state index contributed by atoms with van der Waals surface area (Å²) in [5, 5.41) is 11.4. The van der Waals surface area contributed by atoms with Gasteiger partial charge in [-0.2, -0.15) is 0 Å². The molecule has 0 bridgehead atoms. The molecule has 1 amide bonds. The van der Waals surface area contributed by atoms with Gasteiger partial charge >= 0.3 is 0 Å². The summed E-state index contributed by atoms with van der Waals surface area (Å²) in [5.41, 5.74) is 5.49. The van der Waals surface area contributed by atoms with Crippen LogP contribution in [0.1, 0.15) is 46.3 Å². The standard InChI is InChI=1S/C33H30N2O4/c1-3-23-7-9-26(10-8-23)30-29(32(37)33(38)35(30)20-24-15-17-34-18-16-24)31(36)27-11-13-28(14-12-27)39-21-25-6-4-5-22(2)19-25/h4-19,30,36H,3,20-21H2,1-2H3/t30-/m1/s1. The highest BCUT2D eigenvalue weighted by molar-refractivity contribution is 6.46. The molecule has 1 aliphatic heterocycles. The maximum Gasteiger partial charge on any atom is 0.295 e. The number of aliphatic hydroxyl groups is 1. The van der Waals surface area contributed by atoms with Crippen LogP contribution in [0.15, 0.2) is 103 Å². The van der Waals surface area contributed by atoms with Gasteiger partial charge in [-0.05, 0) is 72.0 Å². The first-order valence-electron chi connectivity index (χ1n) is 13.0. The fraction of sp³-hybridized carbons (Fsp3) is 0.182. The highest BCUT2D eigenvalue weighted by Crippen LogP contribution is 2.40. The number of hydrogen-bond donors (Lipinski definition) is 1. The number of carbonyl (C=O) groups is 2. The topological polar surface area (TPSA) is 79.7 Å². The van der Waals surface area contributed by atoms with Crippen molar-refractivity contribution < 1.29 is 19.4 Å². The lowest BCUT2D eigenvalue weighted by Gasteiger charge is -2.25. The Morgan fingerprint density at radius 2 is 1.62 bits per heavy atom. The molecule has 4 aromatic rings. The van der Waals surface area contributed by atoms with Gasteiger partial charge in [0.15, 0.2) is 0 Å². The average Bonchev–Trinajstić information content (AvgIpc) is 3.21. The zero-order valence-electron chi connectivity index (χ0n) is 22.0. The Balaban J connectivity index is 1.47. The van der Waals surface area contributed by atoms with Crippen LogP contribution < -0.4 is 4.74 Å². The molecule has 1 atom stereocenters. The van der Waals surface area contributed by atoms with E-state index in [9.17, 15) is 14.7 Å². The van der Waals surface area contributed by atoms with Gasteiger partial charge in [-0.25, -0.2) is 0 Å². The van der Waals surface area contributed by atoms with Crippen molar-refractivity contribution in [1.82, 2.24) is 9.88 Å². The van der Waals surface area contributed by atoms with Crippen molar-refractivity contribution in [3.05, 3.63) is 136 Å². The number of pyridine rings is 1. The third-order valence-corrected chi connectivity index (χ3v) is 6.96. The van der Waals surface area contributed by atoms with Crippen LogP contribution in [0.4, 0.5) is 0 Å². The van der Waals surface area contributed by atoms with E-state index in [1.807, 2.05) is 61.5 Å². The molecule has 1 aromatic heterocycles. The Hall–Kier alpha value is -4.71. The van der Waals surface area contributed by atoms with Gasteiger partial charge in [0.05, 0.1) is 11.6 Å². The first-order valence-corrected chi connectivity index (χ1v) is 13.0. The van der Waals surface area contributed by atoms with Gasteiger partial charge in [0, 0.05) is 24.5 Å². The first-order chi connectivity index (χ1) is 18.9. The first kappa shape index (κ1) is 25.9. The van der Waals surface area contributed by atoms with Crippen molar-refractivity contribution in [3.63, 3.8) is 0 Å². The second-order valence-corrected chi connectivity index (χ2v) is 9.68. The van der Waals surface area contributed by atoms with Gasteiger partial charge in [0.25, 0.3) is 11.7 Å². The molecule has 2 heterocycles. The summed E-state index contributed by atoms with van der Waals surface area (Å²) in [5.74, 6) is -0.916. The van der Waals surface area contributed by atoms with Crippen molar-refractivity contribution in [2.24, 2.45) is 0 Å². The Kier molecular flexibility index (Phi) is 7.55. The van der Waals surface area contributed by atoms with Gasteiger partial charge in [0.1, 0.15) is 18.1 Å². The Morgan fingerprint density at radius 3 is 2.28 bits per heavy atom. The number of carbonyl (C=O) groups excluding carboxylic acids is 2. The molecule has 6 heteroatoms. The average molecular weight is 519 g/mol. The maximum absolute atomic E-state index is 13.3. The summed E-state index contributed by atoms with van der Waals surface area (Å²) in [6, 6.07) is 25.7. The summed E-state index contributed by atoms with van der Waals surface area (Å²) in [7, 11) is 0. The predicted molar refractivity (Wildman–Crippen MR) is 150 cm³/mol. The lowest BCUT2D eigenvalue weighted by Crippen LogP contribution is -2.29. The molecular formula is C33H30N2O4. The quantitative estimate of drug-likeness (QED) is 0.172. The molecule has 1 fully saturated rings. The molecule has 0 spiro atoms. The molecule has 6 nitrogen and oxygen atoms in total. The van der Waals surface area contributed by atoms with Crippen molar-refractivity contribution >= 4 is 17.4 Å². The Labute approximate surface area is 228 Å². The van der Waals surface area contributed by atoms with Gasteiger partial charge in [0.2, 0.25) is 0 Å². The summed E-state index contributed by atoms with van der Waals surface area (Å²) >= 11 is 0. The predicted octanol–water partition coefficient (Wildman–Crippen LogP) is 6.15. The molecule has 1 aliphatic rings. The molecule has 1 N–H and O–H groups in total. The van der Waals surface area contributed by atoms with E-state index in [1.54, 1.807) is 36.7 Å². The minimum Gasteiger partial charge on any atom is -0.507 e. The van der Waals surface area contributed by atoms with Crippen molar-refractivity contribution in [2.75, 3.05) is 0 Å². The number of hydrogen-bond acceptors (Lipinski definition) is 5. The number of likely N-dealkylation sites (tertiary alicyclic amines) is 1. The molecule has 5 rings (SSSR count). The van der Waals surface area contributed by atoms with E-state index >= 15 is 0 Å². The van der Waals surface area contributed by atoms with Gasteiger partial charge in [-0.1, -0.05) is 61.0 Å². The molecule has 0 aliphatic carbocycles. The van der Waals surface area contributed by atoms with E-state index in [0.29, 0.717) is 17.9 Å². The molecular weight excluding hydrogens is 488 g/mol. The summed E-state index contributed by atoms with van der Waals surface area (Å²) in [4.78, 5) is 32.2. The Morgan fingerprint density at radius 1 is 0.897 bits per heavy atom. The normalized spacial score (nSPS) is 16.5. The van der Waals surface area contributed by atoms with Crippen LogP contribution in [0.5, 0.6) is 5.75 Å². The second kappa shape index (κ2) is 11.4. The van der Waals surface area contributed by atoms with Gasteiger partial charge < -0.3 is 14.7 Å². The van der Waals surface area contributed by atoms with E-state index in [4.69, 9.17) is 4.74 Å². The zero-order chi connectivity index (χ0) is 27.4. The Bertz CT molecular complexity index is 1510. The fourth-order valence-electron chi connectivity index (χ4n) is 4.84. The fourth-order valence-corrected chi connectivity index (χ4v) is 4.84. The number of aryl methyl sites for hydroxylation is 2. The molecule has 0 saturated carbocycles. The van der Waals surface area contributed by atoms with Crippen LogP contribution in [0.3, 0.4) is 0 Å².